The number of ether oxygens (including phenoxy) is 1. The smallest absolute Gasteiger partial charge is 0.125 e. The van der Waals surface area contributed by atoms with Crippen LogP contribution in [0.2, 0.25) is 0 Å². The summed E-state index contributed by atoms with van der Waals surface area (Å²) >= 11 is 3.59. The monoisotopic (exact) mass is 297 g/mol. The molecule has 0 aliphatic carbocycles. The van der Waals surface area contributed by atoms with Gasteiger partial charge >= 0.3 is 0 Å². The Kier molecular flexibility index (Phi) is 4.46. The van der Waals surface area contributed by atoms with Crippen molar-refractivity contribution in [2.75, 3.05) is 13.7 Å². The van der Waals surface area contributed by atoms with Crippen molar-refractivity contribution in [1.29, 1.82) is 0 Å². The Morgan fingerprint density at radius 1 is 1.47 bits per heavy atom. The zero-order valence-electron chi connectivity index (χ0n) is 10.6. The van der Waals surface area contributed by atoms with Crippen LogP contribution in [0.5, 0.6) is 5.75 Å². The zero-order valence-corrected chi connectivity index (χ0v) is 12.1. The van der Waals surface area contributed by atoms with Gasteiger partial charge in [0, 0.05) is 16.9 Å². The molecule has 0 spiro atoms. The Labute approximate surface area is 112 Å². The van der Waals surface area contributed by atoms with E-state index >= 15 is 0 Å². The summed E-state index contributed by atoms with van der Waals surface area (Å²) in [5.74, 6) is 1.14. The summed E-state index contributed by atoms with van der Waals surface area (Å²) in [6.45, 7) is 3.06. The fourth-order valence-electron chi connectivity index (χ4n) is 2.41. The van der Waals surface area contributed by atoms with E-state index in [9.17, 15) is 0 Å². The number of aryl methyl sites for hydroxylation is 1. The van der Waals surface area contributed by atoms with Gasteiger partial charge in [0.25, 0.3) is 0 Å². The quantitative estimate of drug-likeness (QED) is 0.900. The Morgan fingerprint density at radius 3 is 3.00 bits per heavy atom. The first-order chi connectivity index (χ1) is 8.24. The fraction of sp³-hybridized carbons (Fsp3) is 0.571. The number of halogens is 1. The van der Waals surface area contributed by atoms with Gasteiger partial charge in [-0.05, 0) is 49.6 Å². The predicted molar refractivity (Wildman–Crippen MR) is 74.8 cm³/mol. The van der Waals surface area contributed by atoms with Crippen LogP contribution in [0, 0.1) is 0 Å². The van der Waals surface area contributed by atoms with E-state index in [0.29, 0.717) is 6.04 Å². The molecule has 1 N–H and O–H groups in total. The molecule has 3 heteroatoms. The summed E-state index contributed by atoms with van der Waals surface area (Å²) in [6, 6.07) is 4.99. The van der Waals surface area contributed by atoms with Crippen molar-refractivity contribution in [2.45, 2.75) is 38.6 Å². The van der Waals surface area contributed by atoms with E-state index < -0.39 is 0 Å². The van der Waals surface area contributed by atoms with Gasteiger partial charge in [0.2, 0.25) is 0 Å². The molecule has 17 heavy (non-hydrogen) atoms. The Balaban J connectivity index is 2.10. The van der Waals surface area contributed by atoms with Crippen LogP contribution in [-0.4, -0.2) is 19.7 Å². The van der Waals surface area contributed by atoms with Gasteiger partial charge in [0.1, 0.15) is 5.75 Å². The van der Waals surface area contributed by atoms with E-state index in [0.717, 1.165) is 25.2 Å². The van der Waals surface area contributed by atoms with Crippen molar-refractivity contribution >= 4 is 15.9 Å². The van der Waals surface area contributed by atoms with Crippen LogP contribution in [0.1, 0.15) is 30.9 Å². The molecule has 0 aromatic heterocycles. The van der Waals surface area contributed by atoms with Crippen LogP contribution in [0.4, 0.5) is 0 Å². The first-order valence-electron chi connectivity index (χ1n) is 6.36. The van der Waals surface area contributed by atoms with Gasteiger partial charge in [-0.15, -0.1) is 0 Å². The molecule has 1 aromatic rings. The van der Waals surface area contributed by atoms with Crippen molar-refractivity contribution in [3.05, 3.63) is 27.7 Å². The lowest BCUT2D eigenvalue weighted by Crippen LogP contribution is -2.24. The van der Waals surface area contributed by atoms with Gasteiger partial charge in [0.15, 0.2) is 0 Å². The van der Waals surface area contributed by atoms with Crippen LogP contribution < -0.4 is 10.1 Å². The minimum atomic E-state index is 0.603. The van der Waals surface area contributed by atoms with Gasteiger partial charge < -0.3 is 10.1 Å². The molecule has 0 bridgehead atoms. The first-order valence-corrected chi connectivity index (χ1v) is 7.15. The Bertz CT molecular complexity index is 388. The molecule has 1 heterocycles. The van der Waals surface area contributed by atoms with Crippen molar-refractivity contribution < 1.29 is 4.74 Å². The lowest BCUT2D eigenvalue weighted by Gasteiger charge is -2.15. The Morgan fingerprint density at radius 2 is 2.29 bits per heavy atom. The molecule has 0 saturated heterocycles. The van der Waals surface area contributed by atoms with Crippen LogP contribution in [0.15, 0.2) is 16.6 Å². The van der Waals surface area contributed by atoms with Crippen molar-refractivity contribution in [1.82, 2.24) is 5.32 Å². The standard InChI is InChI=1S/C14H20BrNO/c1-3-13(16-2)5-4-10-8-12(15)9-11-6-7-17-14(10)11/h8-9,13,16H,3-7H2,1-2H3. The van der Waals surface area contributed by atoms with Gasteiger partial charge in [0.05, 0.1) is 6.61 Å². The number of hydrogen-bond acceptors (Lipinski definition) is 2. The number of nitrogens with one attached hydrogen (secondary N) is 1. The SMILES string of the molecule is CCC(CCc1cc(Br)cc2c1OCC2)NC. The van der Waals surface area contributed by atoms with E-state index in [1.54, 1.807) is 0 Å². The average Bonchev–Trinajstić information content (AvgIpc) is 2.78. The first kappa shape index (κ1) is 12.9. The number of fused-ring (bicyclic) bond motifs is 1. The zero-order chi connectivity index (χ0) is 12.3. The number of hydrogen-bond donors (Lipinski definition) is 1. The molecular formula is C14H20BrNO. The second-order valence-corrected chi connectivity index (χ2v) is 5.50. The maximum Gasteiger partial charge on any atom is 0.125 e. The lowest BCUT2D eigenvalue weighted by molar-refractivity contribution is 0.352. The molecule has 0 saturated carbocycles. The molecule has 1 unspecified atom stereocenters. The highest BCUT2D eigenvalue weighted by atomic mass is 79.9. The summed E-state index contributed by atoms with van der Waals surface area (Å²) in [4.78, 5) is 0. The molecule has 1 aromatic carbocycles. The molecule has 1 atom stereocenters. The molecule has 0 radical (unpaired) electrons. The second-order valence-electron chi connectivity index (χ2n) is 4.58. The normalized spacial score (nSPS) is 15.5. The molecule has 0 fully saturated rings. The molecule has 94 valence electrons. The van der Waals surface area contributed by atoms with E-state index in [2.05, 4.69) is 40.3 Å². The molecule has 1 aliphatic heterocycles. The van der Waals surface area contributed by atoms with Gasteiger partial charge in [-0.2, -0.15) is 0 Å². The average molecular weight is 298 g/mol. The van der Waals surface area contributed by atoms with E-state index in [-0.39, 0.29) is 0 Å². The highest BCUT2D eigenvalue weighted by Gasteiger charge is 2.17. The van der Waals surface area contributed by atoms with E-state index in [1.807, 2.05) is 7.05 Å². The summed E-state index contributed by atoms with van der Waals surface area (Å²) in [5, 5.41) is 3.35. The van der Waals surface area contributed by atoms with Crippen LogP contribution in [0.25, 0.3) is 0 Å². The van der Waals surface area contributed by atoms with Crippen molar-refractivity contribution in [3.63, 3.8) is 0 Å². The van der Waals surface area contributed by atoms with Gasteiger partial charge in [-0.25, -0.2) is 0 Å². The third-order valence-electron chi connectivity index (χ3n) is 3.49. The van der Waals surface area contributed by atoms with E-state index in [4.69, 9.17) is 4.74 Å². The molecule has 2 nitrogen and oxygen atoms in total. The maximum absolute atomic E-state index is 5.74. The second kappa shape index (κ2) is 5.87. The predicted octanol–water partition coefficient (Wildman–Crippen LogP) is 3.31. The summed E-state index contributed by atoms with van der Waals surface area (Å²) in [5.41, 5.74) is 2.70. The number of rotatable bonds is 5. The Hall–Kier alpha value is -0.540. The van der Waals surface area contributed by atoms with Crippen molar-refractivity contribution in [3.8, 4) is 5.75 Å². The third-order valence-corrected chi connectivity index (χ3v) is 3.95. The highest BCUT2D eigenvalue weighted by Crippen LogP contribution is 2.33. The van der Waals surface area contributed by atoms with Crippen LogP contribution >= 0.6 is 15.9 Å². The highest BCUT2D eigenvalue weighted by molar-refractivity contribution is 9.10. The van der Waals surface area contributed by atoms with Gasteiger partial charge in [-0.1, -0.05) is 22.9 Å². The van der Waals surface area contributed by atoms with Crippen LogP contribution in [0.3, 0.4) is 0 Å². The fourth-order valence-corrected chi connectivity index (χ4v) is 2.97. The largest absolute Gasteiger partial charge is 0.493 e. The summed E-state index contributed by atoms with van der Waals surface area (Å²) in [6.07, 6.45) is 4.47. The van der Waals surface area contributed by atoms with E-state index in [1.165, 1.54) is 28.4 Å². The summed E-state index contributed by atoms with van der Waals surface area (Å²) < 4.78 is 6.92. The van der Waals surface area contributed by atoms with Crippen molar-refractivity contribution in [2.24, 2.45) is 0 Å². The third kappa shape index (κ3) is 3.02. The summed E-state index contributed by atoms with van der Waals surface area (Å²) in [7, 11) is 2.04. The van der Waals surface area contributed by atoms with Crippen LogP contribution in [-0.2, 0) is 12.8 Å². The molecule has 1 aliphatic rings. The number of benzene rings is 1. The molecule has 0 amide bonds. The topological polar surface area (TPSA) is 21.3 Å². The minimum Gasteiger partial charge on any atom is -0.493 e. The molecular weight excluding hydrogens is 278 g/mol. The van der Waals surface area contributed by atoms with Gasteiger partial charge in [-0.3, -0.25) is 0 Å². The lowest BCUT2D eigenvalue weighted by atomic mass is 10.0. The maximum atomic E-state index is 5.74. The molecule has 2 rings (SSSR count). The minimum absolute atomic E-state index is 0.603.